The summed E-state index contributed by atoms with van der Waals surface area (Å²) in [5.74, 6) is -0.677. The minimum atomic E-state index is -0.689. The number of carbonyl (C=O) groups is 1. The number of fused-ring (bicyclic) bond motifs is 1. The van der Waals surface area contributed by atoms with Gasteiger partial charge >= 0.3 is 5.97 Å². The normalized spacial score (nSPS) is 24.4. The maximum atomic E-state index is 12.2. The number of nitrogens with zero attached hydrogens (tertiary/aromatic N) is 2. The summed E-state index contributed by atoms with van der Waals surface area (Å²) in [5, 5.41) is 11.6. The summed E-state index contributed by atoms with van der Waals surface area (Å²) in [5.41, 5.74) is 3.27. The Morgan fingerprint density at radius 1 is 1.06 bits per heavy atom. The molecule has 1 saturated carbocycles. The van der Waals surface area contributed by atoms with Crippen LogP contribution >= 0.6 is 35.0 Å². The van der Waals surface area contributed by atoms with Crippen molar-refractivity contribution in [2.24, 2.45) is 5.41 Å². The number of rotatable bonds is 4. The standard InChI is InChI=1S/C25H22Cl2N2O2S/c26-22-19(9-12-28-23(22)27)32-20-6-5-17(14-29-20)15-7-10-25(11-8-15)13-16-3-1-2-4-18(16)21(25)24(30)31/h1-6,9,12,14-15,21H,7-8,10-11,13H2,(H,30,31). The van der Waals surface area contributed by atoms with Gasteiger partial charge in [-0.05, 0) is 72.3 Å². The van der Waals surface area contributed by atoms with E-state index in [0.717, 1.165) is 47.6 Å². The molecule has 0 amide bonds. The Hall–Kier alpha value is -2.08. The fraction of sp³-hybridized carbons (Fsp3) is 0.320. The first-order valence-corrected chi connectivity index (χ1v) is 12.3. The van der Waals surface area contributed by atoms with Crippen molar-refractivity contribution in [1.29, 1.82) is 0 Å². The number of carboxylic acid groups (broad SMARTS) is 1. The van der Waals surface area contributed by atoms with Gasteiger partial charge in [-0.15, -0.1) is 0 Å². The largest absolute Gasteiger partial charge is 0.481 e. The lowest BCUT2D eigenvalue weighted by Gasteiger charge is -2.40. The molecule has 7 heteroatoms. The van der Waals surface area contributed by atoms with Crippen LogP contribution in [0.4, 0.5) is 0 Å². The summed E-state index contributed by atoms with van der Waals surface area (Å²) >= 11 is 13.7. The van der Waals surface area contributed by atoms with Gasteiger partial charge in [-0.2, -0.15) is 0 Å². The SMILES string of the molecule is O=C(O)C1c2ccccc2CC12CCC(c1ccc(Sc3ccnc(Cl)c3Cl)nc1)CC2. The molecular formula is C25H22Cl2N2O2S. The third-order valence-electron chi connectivity index (χ3n) is 7.01. The lowest BCUT2D eigenvalue weighted by atomic mass is 9.63. The number of hydrogen-bond donors (Lipinski definition) is 1. The van der Waals surface area contributed by atoms with E-state index in [1.54, 1.807) is 6.20 Å². The molecule has 2 aliphatic rings. The Morgan fingerprint density at radius 2 is 1.84 bits per heavy atom. The highest BCUT2D eigenvalue weighted by atomic mass is 35.5. The Balaban J connectivity index is 1.29. The van der Waals surface area contributed by atoms with Gasteiger partial charge in [-0.1, -0.05) is 65.3 Å². The molecule has 5 rings (SSSR count). The van der Waals surface area contributed by atoms with Crippen molar-refractivity contribution >= 4 is 40.9 Å². The van der Waals surface area contributed by atoms with Crippen molar-refractivity contribution in [2.75, 3.05) is 0 Å². The van der Waals surface area contributed by atoms with Gasteiger partial charge < -0.3 is 5.11 Å². The van der Waals surface area contributed by atoms with Crippen molar-refractivity contribution in [3.63, 3.8) is 0 Å². The molecule has 0 bridgehead atoms. The van der Waals surface area contributed by atoms with Crippen LogP contribution in [0.15, 0.2) is 64.8 Å². The molecule has 164 valence electrons. The fourth-order valence-electron chi connectivity index (χ4n) is 5.46. The Kier molecular flexibility index (Phi) is 5.91. The number of aromatic nitrogens is 2. The van der Waals surface area contributed by atoms with Crippen LogP contribution in [0, 0.1) is 5.41 Å². The lowest BCUT2D eigenvalue weighted by molar-refractivity contribution is -0.142. The summed E-state index contributed by atoms with van der Waals surface area (Å²) in [6.45, 7) is 0. The maximum Gasteiger partial charge on any atom is 0.311 e. The zero-order valence-corrected chi connectivity index (χ0v) is 19.6. The van der Waals surface area contributed by atoms with E-state index >= 15 is 0 Å². The van der Waals surface area contributed by atoms with E-state index in [4.69, 9.17) is 23.2 Å². The molecule has 32 heavy (non-hydrogen) atoms. The van der Waals surface area contributed by atoms with Gasteiger partial charge in [0.05, 0.1) is 10.9 Å². The highest BCUT2D eigenvalue weighted by molar-refractivity contribution is 7.99. The van der Waals surface area contributed by atoms with Crippen molar-refractivity contribution in [2.45, 2.75) is 53.9 Å². The van der Waals surface area contributed by atoms with Crippen molar-refractivity contribution in [3.8, 4) is 0 Å². The highest BCUT2D eigenvalue weighted by Crippen LogP contribution is 2.57. The second kappa shape index (κ2) is 8.69. The van der Waals surface area contributed by atoms with Gasteiger partial charge in [0.1, 0.15) is 10.2 Å². The number of benzene rings is 1. The van der Waals surface area contributed by atoms with Crippen LogP contribution in [0.5, 0.6) is 0 Å². The fourth-order valence-corrected chi connectivity index (χ4v) is 6.69. The molecule has 1 N–H and O–H groups in total. The van der Waals surface area contributed by atoms with Crippen LogP contribution in [-0.2, 0) is 11.2 Å². The molecule has 0 saturated heterocycles. The Labute approximate surface area is 201 Å². The van der Waals surface area contributed by atoms with Crippen LogP contribution < -0.4 is 0 Å². The number of carboxylic acids is 1. The zero-order valence-electron chi connectivity index (χ0n) is 17.3. The Morgan fingerprint density at radius 3 is 2.56 bits per heavy atom. The molecule has 2 heterocycles. The minimum absolute atomic E-state index is 0.160. The van der Waals surface area contributed by atoms with Gasteiger partial charge in [-0.3, -0.25) is 4.79 Å². The predicted molar refractivity (Wildman–Crippen MR) is 127 cm³/mol. The molecule has 2 aliphatic carbocycles. The van der Waals surface area contributed by atoms with Crippen LogP contribution in [0.2, 0.25) is 10.2 Å². The molecule has 3 aromatic rings. The molecule has 0 radical (unpaired) electrons. The van der Waals surface area contributed by atoms with Crippen LogP contribution in [0.3, 0.4) is 0 Å². The predicted octanol–water partition coefficient (Wildman–Crippen LogP) is 7.00. The second-order valence-electron chi connectivity index (χ2n) is 8.73. The number of pyridine rings is 2. The van der Waals surface area contributed by atoms with Crippen LogP contribution in [0.1, 0.15) is 54.2 Å². The molecule has 2 aromatic heterocycles. The number of hydrogen-bond acceptors (Lipinski definition) is 4. The molecule has 4 nitrogen and oxygen atoms in total. The smallest absolute Gasteiger partial charge is 0.311 e. The highest BCUT2D eigenvalue weighted by Gasteiger charge is 2.51. The zero-order chi connectivity index (χ0) is 22.3. The molecule has 1 spiro atoms. The van der Waals surface area contributed by atoms with Gasteiger partial charge in [0.2, 0.25) is 0 Å². The topological polar surface area (TPSA) is 63.1 Å². The van der Waals surface area contributed by atoms with E-state index in [1.807, 2.05) is 36.5 Å². The lowest BCUT2D eigenvalue weighted by Crippen LogP contribution is -2.35. The first-order valence-electron chi connectivity index (χ1n) is 10.7. The van der Waals surface area contributed by atoms with E-state index in [2.05, 4.69) is 22.1 Å². The number of halogens is 2. The first-order chi connectivity index (χ1) is 15.5. The van der Waals surface area contributed by atoms with Gasteiger partial charge in [0, 0.05) is 17.3 Å². The van der Waals surface area contributed by atoms with Crippen molar-refractivity contribution in [3.05, 3.63) is 81.7 Å². The summed E-state index contributed by atoms with van der Waals surface area (Å²) in [6.07, 6.45) is 8.26. The van der Waals surface area contributed by atoms with Gasteiger partial charge in [-0.25, -0.2) is 9.97 Å². The summed E-state index contributed by atoms with van der Waals surface area (Å²) < 4.78 is 0. The van der Waals surface area contributed by atoms with E-state index in [9.17, 15) is 9.90 Å². The summed E-state index contributed by atoms with van der Waals surface area (Å²) in [4.78, 5) is 21.6. The molecule has 1 aromatic carbocycles. The van der Waals surface area contributed by atoms with Gasteiger partial charge in [0.25, 0.3) is 0 Å². The molecule has 1 atom stereocenters. The van der Waals surface area contributed by atoms with E-state index in [-0.39, 0.29) is 10.6 Å². The third kappa shape index (κ3) is 3.91. The molecule has 1 unspecified atom stereocenters. The van der Waals surface area contributed by atoms with Crippen LogP contribution in [0.25, 0.3) is 0 Å². The first kappa shape index (κ1) is 21.7. The van der Waals surface area contributed by atoms with Gasteiger partial charge in [0.15, 0.2) is 0 Å². The quantitative estimate of drug-likeness (QED) is 0.403. The van der Waals surface area contributed by atoms with E-state index < -0.39 is 11.9 Å². The second-order valence-corrected chi connectivity index (χ2v) is 10.5. The van der Waals surface area contributed by atoms with Crippen LogP contribution in [-0.4, -0.2) is 21.0 Å². The van der Waals surface area contributed by atoms with E-state index in [1.165, 1.54) is 22.9 Å². The maximum absolute atomic E-state index is 12.2. The minimum Gasteiger partial charge on any atom is -0.481 e. The molecule has 1 fully saturated rings. The summed E-state index contributed by atoms with van der Waals surface area (Å²) in [6, 6.07) is 14.0. The third-order valence-corrected chi connectivity index (χ3v) is 8.89. The monoisotopic (exact) mass is 484 g/mol. The van der Waals surface area contributed by atoms with Crippen molar-refractivity contribution in [1.82, 2.24) is 9.97 Å². The molecular weight excluding hydrogens is 463 g/mol. The number of aliphatic carboxylic acids is 1. The average molecular weight is 485 g/mol. The average Bonchev–Trinajstić information content (AvgIpc) is 3.11. The van der Waals surface area contributed by atoms with E-state index in [0.29, 0.717) is 10.9 Å². The summed E-state index contributed by atoms with van der Waals surface area (Å²) in [7, 11) is 0. The Bertz CT molecular complexity index is 1160. The molecule has 0 aliphatic heterocycles. The van der Waals surface area contributed by atoms with Crippen molar-refractivity contribution < 1.29 is 9.90 Å².